The van der Waals surface area contributed by atoms with Crippen molar-refractivity contribution in [3.8, 4) is 5.75 Å². The lowest BCUT2D eigenvalue weighted by Crippen LogP contribution is -2.56. The molecule has 0 aliphatic carbocycles. The maximum absolute atomic E-state index is 13.6. The number of carboxylic acids is 1. The molecule has 4 rings (SSSR count). The van der Waals surface area contributed by atoms with Crippen LogP contribution in [-0.2, 0) is 30.5 Å². The Kier molecular flexibility index (Phi) is 10.6. The van der Waals surface area contributed by atoms with E-state index in [-0.39, 0.29) is 25.0 Å². The van der Waals surface area contributed by atoms with E-state index in [0.717, 1.165) is 5.56 Å². The number of halogens is 3. The molecule has 0 saturated carbocycles. The molecule has 0 bridgehead atoms. The van der Waals surface area contributed by atoms with E-state index >= 15 is 0 Å². The molecule has 0 aromatic heterocycles. The van der Waals surface area contributed by atoms with Crippen molar-refractivity contribution in [3.63, 3.8) is 0 Å². The largest absolute Gasteiger partial charge is 0.497 e. The van der Waals surface area contributed by atoms with Crippen molar-refractivity contribution in [1.82, 2.24) is 15.1 Å². The highest BCUT2D eigenvalue weighted by molar-refractivity contribution is 6.09. The van der Waals surface area contributed by atoms with Crippen LogP contribution < -0.4 is 15.4 Å². The predicted octanol–water partition coefficient (Wildman–Crippen LogP) is 2.89. The van der Waals surface area contributed by atoms with Crippen LogP contribution in [-0.4, -0.2) is 89.8 Å². The van der Waals surface area contributed by atoms with Gasteiger partial charge in [0.25, 0.3) is 0 Å². The average molecular weight is 623 g/mol. The van der Waals surface area contributed by atoms with Gasteiger partial charge in [-0.1, -0.05) is 30.3 Å². The second-order valence-corrected chi connectivity index (χ2v) is 10.2. The van der Waals surface area contributed by atoms with E-state index in [0.29, 0.717) is 18.0 Å². The van der Waals surface area contributed by atoms with Crippen molar-refractivity contribution in [2.75, 3.05) is 32.6 Å². The normalized spacial score (nSPS) is 22.4. The number of nitrogens with one attached hydrogen (secondary N) is 2. The number of amides is 4. The van der Waals surface area contributed by atoms with Gasteiger partial charge >= 0.3 is 24.1 Å². The lowest BCUT2D eigenvalue weighted by atomic mass is 9.81. The van der Waals surface area contributed by atoms with Crippen molar-refractivity contribution < 1.29 is 51.7 Å². The summed E-state index contributed by atoms with van der Waals surface area (Å²) in [6.45, 7) is 3.99. The van der Waals surface area contributed by atoms with E-state index in [9.17, 15) is 32.3 Å². The molecule has 2 saturated heterocycles. The topological polar surface area (TPSA) is 155 Å². The molecule has 12 nitrogen and oxygen atoms in total. The molecule has 44 heavy (non-hydrogen) atoms. The number of hydrogen-bond acceptors (Lipinski definition) is 8. The smallest absolute Gasteiger partial charge is 0.490 e. The molecule has 0 radical (unpaired) electrons. The van der Waals surface area contributed by atoms with E-state index < -0.39 is 47.4 Å². The number of likely N-dealkylation sites (tertiary alicyclic amines) is 1. The third-order valence-corrected chi connectivity index (χ3v) is 7.45. The second-order valence-electron chi connectivity index (χ2n) is 10.2. The minimum atomic E-state index is -5.08. The van der Waals surface area contributed by atoms with Gasteiger partial charge in [0.2, 0.25) is 11.8 Å². The summed E-state index contributed by atoms with van der Waals surface area (Å²) < 4.78 is 41.9. The number of anilines is 1. The molecule has 2 aromatic carbocycles. The highest BCUT2D eigenvalue weighted by Crippen LogP contribution is 2.44. The molecule has 238 valence electrons. The first kappa shape index (κ1) is 33.8. The number of hydrogen-bond donors (Lipinski definition) is 3. The number of carboxylic acid groups (broad SMARTS) is 1. The molecule has 0 unspecified atom stereocenters. The number of nitrogens with zero attached hydrogens (tertiary/aromatic N) is 2. The number of carbonyl (C=O) groups excluding carboxylic acids is 4. The van der Waals surface area contributed by atoms with Crippen molar-refractivity contribution in [1.29, 1.82) is 0 Å². The SMILES string of the molecule is CCN(C[C@H]1N[C@@](C)(C(=O)OC)[C@H]2C(=O)N(Cc3ccccc3)C(=O)[C@@H]12)C(=O)Nc1ccc(OC)cc1.O=C(O)C(F)(F)F. The fourth-order valence-electron chi connectivity index (χ4n) is 5.28. The first-order valence-corrected chi connectivity index (χ1v) is 13.4. The third-order valence-electron chi connectivity index (χ3n) is 7.45. The summed E-state index contributed by atoms with van der Waals surface area (Å²) in [5, 5.41) is 13.2. The molecule has 3 N–H and O–H groups in total. The number of esters is 1. The zero-order valence-corrected chi connectivity index (χ0v) is 24.4. The number of benzene rings is 2. The van der Waals surface area contributed by atoms with Gasteiger partial charge in [-0.25, -0.2) is 9.59 Å². The third kappa shape index (κ3) is 7.27. The molecule has 4 atom stereocenters. The maximum atomic E-state index is 13.6. The minimum Gasteiger partial charge on any atom is -0.497 e. The number of alkyl halides is 3. The number of carbonyl (C=O) groups is 5. The minimum absolute atomic E-state index is 0.116. The Labute approximate surface area is 251 Å². The van der Waals surface area contributed by atoms with Crippen LogP contribution in [0.25, 0.3) is 0 Å². The summed E-state index contributed by atoms with van der Waals surface area (Å²) in [5.74, 6) is -5.26. The molecule has 2 aliphatic rings. The van der Waals surface area contributed by atoms with Gasteiger partial charge in [-0.15, -0.1) is 0 Å². The molecule has 2 heterocycles. The van der Waals surface area contributed by atoms with Crippen LogP contribution in [0.2, 0.25) is 0 Å². The first-order chi connectivity index (χ1) is 20.7. The van der Waals surface area contributed by atoms with Crippen LogP contribution in [0.15, 0.2) is 54.6 Å². The second kappa shape index (κ2) is 13.8. The number of fused-ring (bicyclic) bond motifs is 1. The van der Waals surface area contributed by atoms with Gasteiger partial charge in [-0.05, 0) is 43.7 Å². The number of likely N-dealkylation sites (N-methyl/N-ethyl adjacent to an activating group) is 1. The van der Waals surface area contributed by atoms with Crippen LogP contribution in [0, 0.1) is 11.8 Å². The molecule has 15 heteroatoms. The highest BCUT2D eigenvalue weighted by Gasteiger charge is 2.66. The first-order valence-electron chi connectivity index (χ1n) is 13.4. The van der Waals surface area contributed by atoms with Crippen LogP contribution >= 0.6 is 0 Å². The molecule has 2 aliphatic heterocycles. The van der Waals surface area contributed by atoms with Crippen LogP contribution in [0.5, 0.6) is 5.75 Å². The number of methoxy groups -OCH3 is 2. The molecule has 4 amide bonds. The number of urea groups is 1. The van der Waals surface area contributed by atoms with Crippen LogP contribution in [0.1, 0.15) is 19.4 Å². The van der Waals surface area contributed by atoms with Gasteiger partial charge in [-0.3, -0.25) is 24.6 Å². The Morgan fingerprint density at radius 2 is 1.64 bits per heavy atom. The number of aliphatic carboxylic acids is 1. The van der Waals surface area contributed by atoms with Gasteiger partial charge < -0.3 is 24.8 Å². The Balaban J connectivity index is 0.000000676. The summed E-state index contributed by atoms with van der Waals surface area (Å²) in [5.41, 5.74) is -0.0155. The van der Waals surface area contributed by atoms with Gasteiger partial charge in [-0.2, -0.15) is 13.2 Å². The quantitative estimate of drug-likeness (QED) is 0.298. The van der Waals surface area contributed by atoms with E-state index in [2.05, 4.69) is 10.6 Å². The Bertz CT molecular complexity index is 1370. The lowest BCUT2D eigenvalue weighted by Gasteiger charge is -2.30. The Hall–Kier alpha value is -4.66. The molecule has 2 fully saturated rings. The van der Waals surface area contributed by atoms with Gasteiger partial charge in [0.05, 0.1) is 32.6 Å². The van der Waals surface area contributed by atoms with Crippen molar-refractivity contribution in [2.45, 2.75) is 38.1 Å². The van der Waals surface area contributed by atoms with Gasteiger partial charge in [0.15, 0.2) is 0 Å². The summed E-state index contributed by atoms with van der Waals surface area (Å²) in [4.78, 5) is 64.7. The standard InChI is InChI=1S/C27H32N4O6.C2HF3O2/c1-5-30(26(35)28-18-11-13-19(36-3)14-12-18)16-20-21-22(27(2,29-20)25(34)37-4)24(33)31(23(21)32)15-17-9-7-6-8-10-17;3-2(4,5)1(6)7/h6-14,20-22,29H,5,15-16H2,1-4H3,(H,28,35);(H,6,7)/t20-,21+,22-,27-;/m1./s1. The number of imide groups is 1. The zero-order chi connectivity index (χ0) is 32.8. The summed E-state index contributed by atoms with van der Waals surface area (Å²) >= 11 is 0. The summed E-state index contributed by atoms with van der Waals surface area (Å²) in [7, 11) is 2.81. The predicted molar refractivity (Wildman–Crippen MR) is 149 cm³/mol. The molecular formula is C29H33F3N4O8. The average Bonchev–Trinajstić information content (AvgIpc) is 3.43. The maximum Gasteiger partial charge on any atom is 0.490 e. The Morgan fingerprint density at radius 1 is 1.05 bits per heavy atom. The number of ether oxygens (including phenoxy) is 2. The van der Waals surface area contributed by atoms with E-state index in [1.807, 2.05) is 37.3 Å². The van der Waals surface area contributed by atoms with Crippen LogP contribution in [0.3, 0.4) is 0 Å². The molecule has 0 spiro atoms. The highest BCUT2D eigenvalue weighted by atomic mass is 19.4. The lowest BCUT2D eigenvalue weighted by molar-refractivity contribution is -0.192. The van der Waals surface area contributed by atoms with Crippen LogP contribution in [0.4, 0.5) is 23.7 Å². The monoisotopic (exact) mass is 622 g/mol. The summed E-state index contributed by atoms with van der Waals surface area (Å²) in [6.07, 6.45) is -5.08. The molecular weight excluding hydrogens is 589 g/mol. The fourth-order valence-corrected chi connectivity index (χ4v) is 5.28. The van der Waals surface area contributed by atoms with Crippen molar-refractivity contribution in [2.24, 2.45) is 11.8 Å². The van der Waals surface area contributed by atoms with Gasteiger partial charge in [0, 0.05) is 24.8 Å². The molecule has 2 aromatic rings. The zero-order valence-electron chi connectivity index (χ0n) is 24.4. The Morgan fingerprint density at radius 3 is 2.14 bits per heavy atom. The number of rotatable bonds is 8. The summed E-state index contributed by atoms with van der Waals surface area (Å²) in [6, 6.07) is 15.1. The van der Waals surface area contributed by atoms with E-state index in [4.69, 9.17) is 19.4 Å². The fraction of sp³-hybridized carbons (Fsp3) is 0.414. The van der Waals surface area contributed by atoms with Crippen molar-refractivity contribution >= 4 is 35.5 Å². The van der Waals surface area contributed by atoms with E-state index in [1.165, 1.54) is 12.0 Å². The van der Waals surface area contributed by atoms with E-state index in [1.54, 1.807) is 43.2 Å². The van der Waals surface area contributed by atoms with Crippen molar-refractivity contribution in [3.05, 3.63) is 60.2 Å². The van der Waals surface area contributed by atoms with Gasteiger partial charge in [0.1, 0.15) is 11.3 Å².